The highest BCUT2D eigenvalue weighted by molar-refractivity contribution is 6.57. The number of benzene rings is 1. The number of aryl methyl sites for hydroxylation is 2. The summed E-state index contributed by atoms with van der Waals surface area (Å²) in [5.74, 6) is 0. The van der Waals surface area contributed by atoms with Crippen LogP contribution < -0.4 is 0 Å². The largest absolute Gasteiger partial charge is 0.482 e. The summed E-state index contributed by atoms with van der Waals surface area (Å²) < 4.78 is 36.5. The molecule has 0 aliphatic rings. The van der Waals surface area contributed by atoms with Gasteiger partial charge in [0.2, 0.25) is 0 Å². The van der Waals surface area contributed by atoms with E-state index < -0.39 is 13.3 Å². The summed E-state index contributed by atoms with van der Waals surface area (Å²) in [4.78, 5) is 0. The van der Waals surface area contributed by atoms with Gasteiger partial charge in [0.05, 0.1) is 0 Å². The van der Waals surface area contributed by atoms with E-state index in [-0.39, 0.29) is 0 Å². The molecular weight excluding hydrogens is 176 g/mol. The highest BCUT2D eigenvalue weighted by Crippen LogP contribution is 2.21. The third kappa shape index (κ3) is 2.79. The fourth-order valence-electron chi connectivity index (χ4n) is 1.40. The van der Waals surface area contributed by atoms with Crippen molar-refractivity contribution in [2.45, 2.75) is 20.2 Å². The molecule has 0 unspecified atom stereocenters. The molecule has 0 fully saturated rings. The van der Waals surface area contributed by atoms with Gasteiger partial charge in [0.25, 0.3) is 0 Å². The Labute approximate surface area is 75.8 Å². The average Bonchev–Trinajstić information content (AvgIpc) is 1.95. The van der Waals surface area contributed by atoms with Crippen LogP contribution in [0.2, 0.25) is 0 Å². The average molecular weight is 187 g/mol. The van der Waals surface area contributed by atoms with Crippen LogP contribution in [-0.2, 0) is 6.32 Å². The van der Waals surface area contributed by atoms with Crippen molar-refractivity contribution >= 4 is 6.98 Å². The summed E-state index contributed by atoms with van der Waals surface area (Å²) in [6.07, 6.45) is -0.765. The van der Waals surface area contributed by atoms with Crippen molar-refractivity contribution in [3.05, 3.63) is 34.9 Å². The summed E-state index contributed by atoms with van der Waals surface area (Å²) in [6.45, 7) is -1.30. The van der Waals surface area contributed by atoms with Crippen LogP contribution in [0, 0.1) is 13.8 Å². The zero-order chi connectivity index (χ0) is 10.1. The molecule has 0 atom stereocenters. The van der Waals surface area contributed by atoms with Gasteiger partial charge in [-0.3, -0.25) is 0 Å². The van der Waals surface area contributed by atoms with Crippen molar-refractivity contribution in [3.63, 3.8) is 0 Å². The van der Waals surface area contributed by atoms with Gasteiger partial charge in [-0.25, -0.2) is 0 Å². The van der Waals surface area contributed by atoms with Gasteiger partial charge >= 0.3 is 6.98 Å². The Hall–Kier alpha value is -0.925. The lowest BCUT2D eigenvalue weighted by atomic mass is 9.79. The molecule has 13 heavy (non-hydrogen) atoms. The molecule has 0 saturated carbocycles. The maximum absolute atomic E-state index is 12.2. The SMILES string of the molecule is Cc1cccc(C)c1C[B-](F)(F)F. The van der Waals surface area contributed by atoms with Crippen molar-refractivity contribution in [2.75, 3.05) is 0 Å². The molecule has 0 N–H and O–H groups in total. The highest BCUT2D eigenvalue weighted by atomic mass is 19.4. The zero-order valence-electron chi connectivity index (χ0n) is 7.65. The van der Waals surface area contributed by atoms with E-state index in [1.165, 1.54) is 0 Å². The molecule has 4 heteroatoms. The Bertz CT molecular complexity index is 284. The molecule has 0 bridgehead atoms. The molecule has 0 amide bonds. The summed E-state index contributed by atoms with van der Waals surface area (Å²) in [7, 11) is 0. The fraction of sp³-hybridized carbons (Fsp3) is 0.333. The van der Waals surface area contributed by atoms with Gasteiger partial charge in [-0.05, 0) is 13.8 Å². The second kappa shape index (κ2) is 3.44. The molecule has 1 aromatic carbocycles. The van der Waals surface area contributed by atoms with Gasteiger partial charge in [0, 0.05) is 0 Å². The summed E-state index contributed by atoms with van der Waals surface area (Å²) >= 11 is 0. The summed E-state index contributed by atoms with van der Waals surface area (Å²) in [5, 5.41) is 0. The van der Waals surface area contributed by atoms with Crippen molar-refractivity contribution in [1.29, 1.82) is 0 Å². The number of rotatable bonds is 2. The first-order valence-electron chi connectivity index (χ1n) is 4.16. The van der Waals surface area contributed by atoms with E-state index in [4.69, 9.17) is 0 Å². The topological polar surface area (TPSA) is 0 Å². The van der Waals surface area contributed by atoms with Crippen molar-refractivity contribution in [1.82, 2.24) is 0 Å². The normalized spacial score (nSPS) is 11.8. The lowest BCUT2D eigenvalue weighted by Crippen LogP contribution is -2.20. The lowest BCUT2D eigenvalue weighted by molar-refractivity contribution is 0.468. The van der Waals surface area contributed by atoms with Crippen LogP contribution in [0.15, 0.2) is 18.2 Å². The van der Waals surface area contributed by atoms with Crippen LogP contribution in [0.3, 0.4) is 0 Å². The highest BCUT2D eigenvalue weighted by Gasteiger charge is 2.24. The Kier molecular flexibility index (Phi) is 2.69. The van der Waals surface area contributed by atoms with E-state index in [1.54, 1.807) is 32.0 Å². The molecule has 0 heterocycles. The minimum absolute atomic E-state index is 0.426. The summed E-state index contributed by atoms with van der Waals surface area (Å²) in [5.41, 5.74) is 1.87. The molecule has 72 valence electrons. The minimum Gasteiger partial charge on any atom is -0.449 e. The smallest absolute Gasteiger partial charge is 0.449 e. The van der Waals surface area contributed by atoms with Crippen molar-refractivity contribution < 1.29 is 12.9 Å². The van der Waals surface area contributed by atoms with Crippen LogP contribution in [0.5, 0.6) is 0 Å². The number of hydrogen-bond acceptors (Lipinski definition) is 0. The molecule has 0 aliphatic heterocycles. The third-order valence-corrected chi connectivity index (χ3v) is 2.08. The molecule has 1 aromatic rings. The fourth-order valence-corrected chi connectivity index (χ4v) is 1.40. The second-order valence-electron chi connectivity index (χ2n) is 3.28. The maximum Gasteiger partial charge on any atom is 0.482 e. The van der Waals surface area contributed by atoms with Gasteiger partial charge in [-0.2, -0.15) is 0 Å². The standard InChI is InChI=1S/C9H11BF3/c1-7-4-3-5-8(2)9(7)6-10(11,12)13/h3-5H,6H2,1-2H3/q-1. The molecule has 0 aromatic heterocycles. The molecule has 0 nitrogen and oxygen atoms in total. The number of halogens is 3. The molecule has 0 spiro atoms. The predicted octanol–water partition coefficient (Wildman–Crippen LogP) is 3.23. The third-order valence-electron chi connectivity index (χ3n) is 2.08. The maximum atomic E-state index is 12.2. The molecule has 0 aliphatic carbocycles. The van der Waals surface area contributed by atoms with Crippen LogP contribution in [-0.4, -0.2) is 6.98 Å². The summed E-state index contributed by atoms with van der Waals surface area (Å²) in [6, 6.07) is 5.20. The van der Waals surface area contributed by atoms with Crippen LogP contribution in [0.25, 0.3) is 0 Å². The molecule has 0 saturated heterocycles. The van der Waals surface area contributed by atoms with E-state index >= 15 is 0 Å². The van der Waals surface area contributed by atoms with Gasteiger partial charge < -0.3 is 12.9 Å². The zero-order valence-corrected chi connectivity index (χ0v) is 7.65. The second-order valence-corrected chi connectivity index (χ2v) is 3.28. The van der Waals surface area contributed by atoms with E-state index in [1.807, 2.05) is 0 Å². The minimum atomic E-state index is -4.72. The Morgan fingerprint density at radius 1 is 1.08 bits per heavy atom. The van der Waals surface area contributed by atoms with Crippen molar-refractivity contribution in [3.8, 4) is 0 Å². The first-order valence-corrected chi connectivity index (χ1v) is 4.16. The first-order chi connectivity index (χ1) is 5.90. The van der Waals surface area contributed by atoms with E-state index in [0.717, 1.165) is 11.1 Å². The Morgan fingerprint density at radius 3 is 1.92 bits per heavy atom. The Morgan fingerprint density at radius 2 is 1.54 bits per heavy atom. The van der Waals surface area contributed by atoms with Gasteiger partial charge in [0.1, 0.15) is 0 Å². The van der Waals surface area contributed by atoms with E-state index in [2.05, 4.69) is 0 Å². The molecular formula is C9H11BF3-. The van der Waals surface area contributed by atoms with Gasteiger partial charge in [-0.1, -0.05) is 41.2 Å². The van der Waals surface area contributed by atoms with Crippen LogP contribution >= 0.6 is 0 Å². The molecule has 1 rings (SSSR count). The first kappa shape index (κ1) is 10.2. The quantitative estimate of drug-likeness (QED) is 0.623. The molecule has 0 radical (unpaired) electrons. The van der Waals surface area contributed by atoms with E-state index in [0.29, 0.717) is 5.56 Å². The lowest BCUT2D eigenvalue weighted by Gasteiger charge is -2.17. The Balaban J connectivity index is 3.00. The van der Waals surface area contributed by atoms with Gasteiger partial charge in [0.15, 0.2) is 0 Å². The van der Waals surface area contributed by atoms with Crippen molar-refractivity contribution in [2.24, 2.45) is 0 Å². The monoisotopic (exact) mass is 187 g/mol. The number of hydrogen-bond donors (Lipinski definition) is 0. The van der Waals surface area contributed by atoms with Gasteiger partial charge in [-0.15, -0.1) is 0 Å². The predicted molar refractivity (Wildman–Crippen MR) is 48.7 cm³/mol. The van der Waals surface area contributed by atoms with Crippen LogP contribution in [0.4, 0.5) is 12.9 Å². The van der Waals surface area contributed by atoms with Crippen LogP contribution in [0.1, 0.15) is 16.7 Å². The van der Waals surface area contributed by atoms with E-state index in [9.17, 15) is 12.9 Å².